The van der Waals surface area contributed by atoms with Crippen molar-refractivity contribution in [2.75, 3.05) is 0 Å². The Morgan fingerprint density at radius 1 is 1.43 bits per heavy atom. The van der Waals surface area contributed by atoms with Crippen LogP contribution in [-0.2, 0) is 5.60 Å². The van der Waals surface area contributed by atoms with Crippen molar-refractivity contribution in [3.05, 3.63) is 30.1 Å². The second-order valence-corrected chi connectivity index (χ2v) is 4.01. The van der Waals surface area contributed by atoms with Gasteiger partial charge in [0.15, 0.2) is 0 Å². The molecule has 1 saturated carbocycles. The van der Waals surface area contributed by atoms with Crippen molar-refractivity contribution in [3.63, 3.8) is 0 Å². The first kappa shape index (κ1) is 8.00. The molecule has 0 radical (unpaired) electrons. The molecule has 0 saturated heterocycles. The number of aliphatic hydroxyl groups is 1. The number of pyridine rings is 1. The number of H-pyrrole nitrogens is 1. The van der Waals surface area contributed by atoms with Gasteiger partial charge in [-0.05, 0) is 37.5 Å². The third-order valence-electron chi connectivity index (χ3n) is 3.07. The molecule has 3 heteroatoms. The summed E-state index contributed by atoms with van der Waals surface area (Å²) in [7, 11) is 0. The van der Waals surface area contributed by atoms with Crippen LogP contribution in [-0.4, -0.2) is 15.1 Å². The molecule has 2 heterocycles. The van der Waals surface area contributed by atoms with Crippen LogP contribution in [0.2, 0.25) is 0 Å². The van der Waals surface area contributed by atoms with E-state index in [2.05, 4.69) is 9.97 Å². The van der Waals surface area contributed by atoms with Gasteiger partial charge < -0.3 is 10.1 Å². The Hall–Kier alpha value is -1.35. The van der Waals surface area contributed by atoms with E-state index in [0.717, 1.165) is 36.0 Å². The number of nitrogens with zero attached hydrogens (tertiary/aromatic N) is 1. The van der Waals surface area contributed by atoms with E-state index in [1.807, 2.05) is 18.2 Å². The van der Waals surface area contributed by atoms with Gasteiger partial charge in [0.25, 0.3) is 0 Å². The lowest BCUT2D eigenvalue weighted by Gasteiger charge is -2.35. The summed E-state index contributed by atoms with van der Waals surface area (Å²) < 4.78 is 0. The van der Waals surface area contributed by atoms with E-state index in [1.54, 1.807) is 6.20 Å². The molecule has 0 spiro atoms. The molecule has 72 valence electrons. The second kappa shape index (κ2) is 2.58. The Morgan fingerprint density at radius 2 is 2.29 bits per heavy atom. The van der Waals surface area contributed by atoms with E-state index < -0.39 is 5.60 Å². The molecule has 2 N–H and O–H groups in total. The highest BCUT2D eigenvalue weighted by Crippen LogP contribution is 2.41. The van der Waals surface area contributed by atoms with Crippen LogP contribution >= 0.6 is 0 Å². The van der Waals surface area contributed by atoms with E-state index in [-0.39, 0.29) is 0 Å². The maximum absolute atomic E-state index is 10.1. The van der Waals surface area contributed by atoms with Crippen LogP contribution < -0.4 is 0 Å². The Morgan fingerprint density at radius 3 is 2.93 bits per heavy atom. The van der Waals surface area contributed by atoms with Gasteiger partial charge in [-0.1, -0.05) is 0 Å². The Balaban J connectivity index is 2.14. The number of hydrogen-bond donors (Lipinski definition) is 2. The molecule has 3 nitrogen and oxygen atoms in total. The average Bonchev–Trinajstić information content (AvgIpc) is 2.57. The van der Waals surface area contributed by atoms with Crippen LogP contribution in [0.25, 0.3) is 11.0 Å². The van der Waals surface area contributed by atoms with Crippen molar-refractivity contribution in [1.82, 2.24) is 9.97 Å². The number of hydrogen-bond acceptors (Lipinski definition) is 2. The van der Waals surface area contributed by atoms with Crippen LogP contribution in [0.5, 0.6) is 0 Å². The van der Waals surface area contributed by atoms with Crippen molar-refractivity contribution < 1.29 is 5.11 Å². The molecule has 1 fully saturated rings. The minimum absolute atomic E-state index is 0.610. The van der Waals surface area contributed by atoms with Crippen molar-refractivity contribution in [3.8, 4) is 0 Å². The largest absolute Gasteiger partial charge is 0.384 e. The van der Waals surface area contributed by atoms with Crippen LogP contribution in [0, 0.1) is 0 Å². The summed E-state index contributed by atoms with van der Waals surface area (Å²) in [5.41, 5.74) is 1.17. The summed E-state index contributed by atoms with van der Waals surface area (Å²) in [6, 6.07) is 5.91. The zero-order valence-corrected chi connectivity index (χ0v) is 7.83. The predicted molar refractivity (Wildman–Crippen MR) is 53.8 cm³/mol. The molecule has 0 aliphatic heterocycles. The highest BCUT2D eigenvalue weighted by atomic mass is 16.3. The summed E-state index contributed by atoms with van der Waals surface area (Å²) >= 11 is 0. The molecule has 0 unspecified atom stereocenters. The monoisotopic (exact) mass is 188 g/mol. The molecule has 3 rings (SSSR count). The standard InChI is InChI=1S/C11H12N2O/c14-11(4-2-5-11)9-7-8-3-1-6-12-10(8)13-9/h1,3,6-7,14H,2,4-5H2,(H,12,13). The number of aromatic nitrogens is 2. The van der Waals surface area contributed by atoms with Crippen molar-refractivity contribution in [2.45, 2.75) is 24.9 Å². The van der Waals surface area contributed by atoms with Gasteiger partial charge in [0.1, 0.15) is 11.2 Å². The fourth-order valence-electron chi connectivity index (χ4n) is 1.99. The molecule has 1 aliphatic rings. The summed E-state index contributed by atoms with van der Waals surface area (Å²) in [5, 5.41) is 11.2. The number of aromatic amines is 1. The Kier molecular flexibility index (Phi) is 1.47. The van der Waals surface area contributed by atoms with E-state index in [4.69, 9.17) is 0 Å². The summed E-state index contributed by atoms with van der Waals surface area (Å²) in [6.45, 7) is 0. The highest BCUT2D eigenvalue weighted by molar-refractivity contribution is 5.76. The average molecular weight is 188 g/mol. The molecule has 2 aromatic heterocycles. The number of nitrogens with one attached hydrogen (secondary N) is 1. The molecule has 0 aromatic carbocycles. The molecule has 0 atom stereocenters. The fourth-order valence-corrected chi connectivity index (χ4v) is 1.99. The molecule has 2 aromatic rings. The summed E-state index contributed by atoms with van der Waals surface area (Å²) in [6.07, 6.45) is 4.59. The third kappa shape index (κ3) is 0.990. The van der Waals surface area contributed by atoms with Gasteiger partial charge in [0.05, 0.1) is 0 Å². The molecule has 1 aliphatic carbocycles. The summed E-state index contributed by atoms with van der Waals surface area (Å²) in [4.78, 5) is 7.38. The zero-order valence-electron chi connectivity index (χ0n) is 7.83. The third-order valence-corrected chi connectivity index (χ3v) is 3.07. The van der Waals surface area contributed by atoms with E-state index in [1.165, 1.54) is 0 Å². The fraction of sp³-hybridized carbons (Fsp3) is 0.364. The number of rotatable bonds is 1. The Labute approximate surface area is 81.8 Å². The summed E-state index contributed by atoms with van der Waals surface area (Å²) in [5.74, 6) is 0. The first-order chi connectivity index (χ1) is 6.78. The maximum atomic E-state index is 10.1. The van der Waals surface area contributed by atoms with Crippen molar-refractivity contribution in [1.29, 1.82) is 0 Å². The lowest BCUT2D eigenvalue weighted by molar-refractivity contribution is -0.0420. The maximum Gasteiger partial charge on any atom is 0.137 e. The molecule has 0 amide bonds. The van der Waals surface area contributed by atoms with Gasteiger partial charge in [-0.25, -0.2) is 4.98 Å². The SMILES string of the molecule is OC1(c2cc3cccnc3[nH]2)CCC1. The molecular weight excluding hydrogens is 176 g/mol. The predicted octanol–water partition coefficient (Wildman–Crippen LogP) is 1.93. The van der Waals surface area contributed by atoms with E-state index in [9.17, 15) is 5.11 Å². The minimum Gasteiger partial charge on any atom is -0.384 e. The first-order valence-corrected chi connectivity index (χ1v) is 4.95. The normalized spacial score (nSPS) is 19.5. The van der Waals surface area contributed by atoms with Crippen molar-refractivity contribution >= 4 is 11.0 Å². The second-order valence-electron chi connectivity index (χ2n) is 4.01. The topological polar surface area (TPSA) is 48.9 Å². The minimum atomic E-state index is -0.610. The first-order valence-electron chi connectivity index (χ1n) is 4.95. The van der Waals surface area contributed by atoms with Gasteiger partial charge in [0, 0.05) is 17.3 Å². The van der Waals surface area contributed by atoms with Gasteiger partial charge in [-0.3, -0.25) is 0 Å². The quantitative estimate of drug-likeness (QED) is 0.718. The Bertz CT molecular complexity index is 438. The lowest BCUT2D eigenvalue weighted by atomic mass is 9.78. The zero-order chi connectivity index (χ0) is 9.60. The molecule has 14 heavy (non-hydrogen) atoms. The van der Waals surface area contributed by atoms with E-state index in [0.29, 0.717) is 0 Å². The smallest absolute Gasteiger partial charge is 0.137 e. The highest BCUT2D eigenvalue weighted by Gasteiger charge is 2.37. The molecular formula is C11H12N2O. The lowest BCUT2D eigenvalue weighted by Crippen LogP contribution is -2.33. The van der Waals surface area contributed by atoms with Gasteiger partial charge in [-0.15, -0.1) is 0 Å². The van der Waals surface area contributed by atoms with Crippen LogP contribution in [0.15, 0.2) is 24.4 Å². The van der Waals surface area contributed by atoms with Gasteiger partial charge in [-0.2, -0.15) is 0 Å². The van der Waals surface area contributed by atoms with Crippen LogP contribution in [0.4, 0.5) is 0 Å². The van der Waals surface area contributed by atoms with Crippen molar-refractivity contribution in [2.24, 2.45) is 0 Å². The molecule has 0 bridgehead atoms. The van der Waals surface area contributed by atoms with E-state index >= 15 is 0 Å². The van der Waals surface area contributed by atoms with Crippen LogP contribution in [0.1, 0.15) is 25.0 Å². The van der Waals surface area contributed by atoms with Gasteiger partial charge in [0.2, 0.25) is 0 Å². The van der Waals surface area contributed by atoms with Crippen LogP contribution in [0.3, 0.4) is 0 Å². The number of fused-ring (bicyclic) bond motifs is 1. The van der Waals surface area contributed by atoms with Gasteiger partial charge >= 0.3 is 0 Å².